The van der Waals surface area contributed by atoms with Crippen molar-refractivity contribution in [2.24, 2.45) is 16.8 Å². The number of nitrogens with zero attached hydrogens (tertiary/aromatic N) is 5. The third kappa shape index (κ3) is 4.01. The summed E-state index contributed by atoms with van der Waals surface area (Å²) in [6.45, 7) is 5.74. The highest BCUT2D eigenvalue weighted by Gasteiger charge is 2.12. The maximum absolute atomic E-state index is 8.65. The van der Waals surface area contributed by atoms with Gasteiger partial charge in [-0.1, -0.05) is 19.0 Å². The predicted molar refractivity (Wildman–Crippen MR) is 82.4 cm³/mol. The molecule has 2 aromatic heterocycles. The van der Waals surface area contributed by atoms with Crippen LogP contribution in [0.15, 0.2) is 29.7 Å². The second-order valence-electron chi connectivity index (χ2n) is 5.25. The first kappa shape index (κ1) is 15.0. The van der Waals surface area contributed by atoms with Crippen molar-refractivity contribution >= 4 is 22.8 Å². The van der Waals surface area contributed by atoms with Crippen molar-refractivity contribution in [3.63, 3.8) is 0 Å². The number of amidine groups is 1. The first-order valence-corrected chi connectivity index (χ1v) is 6.89. The minimum absolute atomic E-state index is 0.212. The Morgan fingerprint density at radius 3 is 2.81 bits per heavy atom. The topological polar surface area (TPSA) is 101 Å². The zero-order chi connectivity index (χ0) is 15.2. The van der Waals surface area contributed by atoms with Gasteiger partial charge in [0.15, 0.2) is 5.65 Å². The summed E-state index contributed by atoms with van der Waals surface area (Å²) in [6.07, 6.45) is 3.75. The summed E-state index contributed by atoms with van der Waals surface area (Å²) in [5.74, 6) is 1.50. The molecule has 0 aliphatic carbocycles. The Hall–Kier alpha value is -2.44. The molecule has 7 nitrogen and oxygen atoms in total. The van der Waals surface area contributed by atoms with Gasteiger partial charge in [0.2, 0.25) is 0 Å². The van der Waals surface area contributed by atoms with Gasteiger partial charge < -0.3 is 15.8 Å². The SMILES string of the molecule is CC(C)CN(CC/C(N)=N/O)c1ccc2nccnc2n1. The van der Waals surface area contributed by atoms with Gasteiger partial charge >= 0.3 is 0 Å². The van der Waals surface area contributed by atoms with E-state index in [0.29, 0.717) is 24.5 Å². The molecule has 0 saturated carbocycles. The molecule has 7 heteroatoms. The molecular weight excluding hydrogens is 268 g/mol. The van der Waals surface area contributed by atoms with E-state index >= 15 is 0 Å². The molecule has 0 bridgehead atoms. The third-order valence-corrected chi connectivity index (χ3v) is 2.99. The largest absolute Gasteiger partial charge is 0.409 e. The molecule has 2 heterocycles. The monoisotopic (exact) mass is 288 g/mol. The van der Waals surface area contributed by atoms with Gasteiger partial charge in [-0.05, 0) is 18.1 Å². The molecule has 21 heavy (non-hydrogen) atoms. The molecule has 0 spiro atoms. The zero-order valence-electron chi connectivity index (χ0n) is 12.3. The van der Waals surface area contributed by atoms with E-state index in [9.17, 15) is 0 Å². The number of aromatic nitrogens is 3. The average molecular weight is 288 g/mol. The quantitative estimate of drug-likeness (QED) is 0.362. The molecule has 3 N–H and O–H groups in total. The highest BCUT2D eigenvalue weighted by Crippen LogP contribution is 2.16. The molecule has 112 valence electrons. The standard InChI is InChI=1S/C14H20N6O/c1-10(2)9-20(8-5-12(15)19-21)13-4-3-11-14(18-13)17-7-6-16-11/h3-4,6-7,10,21H,5,8-9H2,1-2H3,(H2,15,19). The fraction of sp³-hybridized carbons (Fsp3) is 0.429. The number of fused-ring (bicyclic) bond motifs is 1. The van der Waals surface area contributed by atoms with Gasteiger partial charge in [-0.25, -0.2) is 9.97 Å². The summed E-state index contributed by atoms with van der Waals surface area (Å²) in [5.41, 5.74) is 6.94. The van der Waals surface area contributed by atoms with Gasteiger partial charge in [0.1, 0.15) is 17.2 Å². The number of anilines is 1. The summed E-state index contributed by atoms with van der Waals surface area (Å²) in [7, 11) is 0. The van der Waals surface area contributed by atoms with E-state index in [-0.39, 0.29) is 5.84 Å². The maximum Gasteiger partial charge on any atom is 0.180 e. The van der Waals surface area contributed by atoms with Crippen molar-refractivity contribution in [1.29, 1.82) is 0 Å². The normalized spacial score (nSPS) is 12.0. The highest BCUT2D eigenvalue weighted by atomic mass is 16.4. The van der Waals surface area contributed by atoms with E-state index in [4.69, 9.17) is 10.9 Å². The number of hydrogen-bond donors (Lipinski definition) is 2. The van der Waals surface area contributed by atoms with Crippen LogP contribution in [-0.4, -0.2) is 39.1 Å². The number of pyridine rings is 1. The summed E-state index contributed by atoms with van der Waals surface area (Å²) in [5, 5.41) is 11.7. The molecule has 0 aromatic carbocycles. The Kier molecular flexibility index (Phi) is 4.86. The summed E-state index contributed by atoms with van der Waals surface area (Å²) >= 11 is 0. The summed E-state index contributed by atoms with van der Waals surface area (Å²) < 4.78 is 0. The Labute approximate surface area is 123 Å². The minimum atomic E-state index is 0.212. The number of oxime groups is 1. The lowest BCUT2D eigenvalue weighted by Gasteiger charge is -2.25. The molecule has 0 saturated heterocycles. The van der Waals surface area contributed by atoms with Crippen LogP contribution in [0, 0.1) is 5.92 Å². The molecule has 0 aliphatic heterocycles. The molecule has 0 aliphatic rings. The van der Waals surface area contributed by atoms with Crippen molar-refractivity contribution in [2.45, 2.75) is 20.3 Å². The third-order valence-electron chi connectivity index (χ3n) is 2.99. The highest BCUT2D eigenvalue weighted by molar-refractivity contribution is 5.80. The zero-order valence-corrected chi connectivity index (χ0v) is 12.3. The van der Waals surface area contributed by atoms with Crippen molar-refractivity contribution in [1.82, 2.24) is 15.0 Å². The van der Waals surface area contributed by atoms with Gasteiger partial charge in [0.05, 0.1) is 0 Å². The van der Waals surface area contributed by atoms with Gasteiger partial charge in [-0.3, -0.25) is 4.98 Å². The fourth-order valence-corrected chi connectivity index (χ4v) is 2.06. The van der Waals surface area contributed by atoms with E-state index in [0.717, 1.165) is 17.9 Å². The fourth-order valence-electron chi connectivity index (χ4n) is 2.06. The van der Waals surface area contributed by atoms with Crippen molar-refractivity contribution in [3.05, 3.63) is 24.5 Å². The second kappa shape index (κ2) is 6.83. The minimum Gasteiger partial charge on any atom is -0.409 e. The van der Waals surface area contributed by atoms with Gasteiger partial charge in [0.25, 0.3) is 0 Å². The van der Waals surface area contributed by atoms with Gasteiger partial charge in [0, 0.05) is 31.9 Å². The summed E-state index contributed by atoms with van der Waals surface area (Å²) in [4.78, 5) is 15.1. The van der Waals surface area contributed by atoms with Gasteiger partial charge in [-0.15, -0.1) is 0 Å². The van der Waals surface area contributed by atoms with Gasteiger partial charge in [-0.2, -0.15) is 0 Å². The van der Waals surface area contributed by atoms with Crippen molar-refractivity contribution in [2.75, 3.05) is 18.0 Å². The van der Waals surface area contributed by atoms with E-state index in [1.165, 1.54) is 0 Å². The first-order valence-electron chi connectivity index (χ1n) is 6.89. The van der Waals surface area contributed by atoms with E-state index in [2.05, 4.69) is 38.9 Å². The van der Waals surface area contributed by atoms with E-state index < -0.39 is 0 Å². The lowest BCUT2D eigenvalue weighted by molar-refractivity contribution is 0.317. The van der Waals surface area contributed by atoms with Crippen LogP contribution in [0.25, 0.3) is 11.2 Å². The lowest BCUT2D eigenvalue weighted by atomic mass is 10.2. The maximum atomic E-state index is 8.65. The van der Waals surface area contributed by atoms with Crippen LogP contribution in [0.2, 0.25) is 0 Å². The van der Waals surface area contributed by atoms with E-state index in [1.807, 2.05) is 12.1 Å². The van der Waals surface area contributed by atoms with Crippen molar-refractivity contribution < 1.29 is 5.21 Å². The smallest absolute Gasteiger partial charge is 0.180 e. The first-order chi connectivity index (χ1) is 10.1. The average Bonchev–Trinajstić information content (AvgIpc) is 2.50. The van der Waals surface area contributed by atoms with Crippen LogP contribution in [0.1, 0.15) is 20.3 Å². The molecule has 0 atom stereocenters. The van der Waals surface area contributed by atoms with Crippen LogP contribution in [0.4, 0.5) is 5.82 Å². The van der Waals surface area contributed by atoms with E-state index in [1.54, 1.807) is 12.4 Å². The Morgan fingerprint density at radius 2 is 2.10 bits per heavy atom. The predicted octanol–water partition coefficient (Wildman–Crippen LogP) is 1.62. The molecular formula is C14H20N6O. The molecule has 0 radical (unpaired) electrons. The number of hydrogen-bond acceptors (Lipinski definition) is 6. The molecule has 0 amide bonds. The van der Waals surface area contributed by atoms with Crippen LogP contribution in [0.3, 0.4) is 0 Å². The lowest BCUT2D eigenvalue weighted by Crippen LogP contribution is -2.32. The van der Waals surface area contributed by atoms with Crippen LogP contribution < -0.4 is 10.6 Å². The summed E-state index contributed by atoms with van der Waals surface area (Å²) in [6, 6.07) is 3.83. The Morgan fingerprint density at radius 1 is 1.33 bits per heavy atom. The molecule has 2 rings (SSSR count). The van der Waals surface area contributed by atoms with Crippen molar-refractivity contribution in [3.8, 4) is 0 Å². The molecule has 0 unspecified atom stereocenters. The van der Waals surface area contributed by atoms with Crippen LogP contribution in [0.5, 0.6) is 0 Å². The van der Waals surface area contributed by atoms with Crippen LogP contribution >= 0.6 is 0 Å². The Balaban J connectivity index is 2.24. The Bertz CT molecular complexity index is 628. The van der Waals surface area contributed by atoms with Crippen LogP contribution in [-0.2, 0) is 0 Å². The number of rotatable bonds is 6. The second-order valence-corrected chi connectivity index (χ2v) is 5.25. The molecule has 0 fully saturated rings. The number of nitrogens with two attached hydrogens (primary N) is 1. The molecule has 2 aromatic rings.